The number of nitrogens with one attached hydrogen (secondary N) is 2. The first-order valence-electron chi connectivity index (χ1n) is 11.4. The molecule has 8 nitrogen and oxygen atoms in total. The van der Waals surface area contributed by atoms with Crippen LogP contribution in [-0.4, -0.2) is 52.0 Å². The van der Waals surface area contributed by atoms with Crippen molar-refractivity contribution in [2.75, 3.05) is 25.9 Å². The number of anilines is 1. The Kier molecular flexibility index (Phi) is 6.97. The molecule has 2 aromatic heterocycles. The summed E-state index contributed by atoms with van der Waals surface area (Å²) in [6.07, 6.45) is 3.81. The Morgan fingerprint density at radius 2 is 1.97 bits per heavy atom. The van der Waals surface area contributed by atoms with E-state index >= 15 is 0 Å². The van der Waals surface area contributed by atoms with Gasteiger partial charge in [0.2, 0.25) is 0 Å². The standard InChI is InChI=1S/C24H32ClN5O3/c1-24(2,13-27-3)33-20-9-6-15(10-18(20)26)21-17(25)11-19-22(29-21)30-23(28-19)32-16-7-4-14(12-31)5-8-16/h6,9-11,14,16,27,31H,4-5,7-8,12-13,26H2,1-3H3,(H,28,29,30). The minimum absolute atomic E-state index is 0.0859. The Balaban J connectivity index is 1.53. The van der Waals surface area contributed by atoms with Crippen LogP contribution in [0.5, 0.6) is 11.8 Å². The number of aliphatic hydroxyl groups is 1. The maximum Gasteiger partial charge on any atom is 0.296 e. The van der Waals surface area contributed by atoms with Gasteiger partial charge in [-0.15, -0.1) is 0 Å². The first kappa shape index (κ1) is 23.6. The number of H-pyrrole nitrogens is 1. The second-order valence-corrected chi connectivity index (χ2v) is 9.73. The summed E-state index contributed by atoms with van der Waals surface area (Å²) in [5.74, 6) is 0.990. The van der Waals surface area contributed by atoms with Crippen LogP contribution in [0.2, 0.25) is 5.02 Å². The molecule has 1 aliphatic carbocycles. The van der Waals surface area contributed by atoms with Gasteiger partial charge in [-0.05, 0) is 76.8 Å². The molecular weight excluding hydrogens is 442 g/mol. The van der Waals surface area contributed by atoms with E-state index in [1.54, 1.807) is 6.07 Å². The number of hydrogen-bond donors (Lipinski definition) is 4. The molecule has 0 bridgehead atoms. The Labute approximate surface area is 198 Å². The lowest BCUT2D eigenvalue weighted by Crippen LogP contribution is -2.39. The molecule has 0 aliphatic heterocycles. The fourth-order valence-corrected chi connectivity index (χ4v) is 4.55. The molecule has 9 heteroatoms. The Hall–Kier alpha value is -2.55. The maximum atomic E-state index is 9.31. The lowest BCUT2D eigenvalue weighted by atomic mass is 9.88. The van der Waals surface area contributed by atoms with Gasteiger partial charge < -0.3 is 30.6 Å². The van der Waals surface area contributed by atoms with Gasteiger partial charge in [0, 0.05) is 18.7 Å². The molecule has 0 amide bonds. The highest BCUT2D eigenvalue weighted by Crippen LogP contribution is 2.35. The molecule has 1 saturated carbocycles. The van der Waals surface area contributed by atoms with E-state index in [0.29, 0.717) is 51.8 Å². The van der Waals surface area contributed by atoms with E-state index in [1.807, 2.05) is 39.1 Å². The summed E-state index contributed by atoms with van der Waals surface area (Å²) in [5, 5.41) is 12.9. The van der Waals surface area contributed by atoms with Gasteiger partial charge in [0.1, 0.15) is 17.5 Å². The van der Waals surface area contributed by atoms with Gasteiger partial charge in [-0.25, -0.2) is 4.98 Å². The molecule has 0 unspecified atom stereocenters. The number of aromatic amines is 1. The monoisotopic (exact) mass is 473 g/mol. The maximum absolute atomic E-state index is 9.31. The molecule has 5 N–H and O–H groups in total. The van der Waals surface area contributed by atoms with Crippen LogP contribution in [-0.2, 0) is 0 Å². The third kappa shape index (κ3) is 5.51. The summed E-state index contributed by atoms with van der Waals surface area (Å²) >= 11 is 6.56. The number of hydrogen-bond acceptors (Lipinski definition) is 7. The molecule has 4 rings (SSSR count). The minimum Gasteiger partial charge on any atom is -0.484 e. The average Bonchev–Trinajstić information content (AvgIpc) is 3.16. The summed E-state index contributed by atoms with van der Waals surface area (Å²) in [4.78, 5) is 12.4. The summed E-state index contributed by atoms with van der Waals surface area (Å²) in [6, 6.07) is 7.79. The molecule has 0 radical (unpaired) electrons. The largest absolute Gasteiger partial charge is 0.484 e. The van der Waals surface area contributed by atoms with E-state index in [0.717, 1.165) is 31.2 Å². The lowest BCUT2D eigenvalue weighted by molar-refractivity contribution is 0.0976. The molecule has 0 atom stereocenters. The highest BCUT2D eigenvalue weighted by Gasteiger charge is 2.24. The van der Waals surface area contributed by atoms with Gasteiger partial charge in [-0.3, -0.25) is 0 Å². The van der Waals surface area contributed by atoms with E-state index in [9.17, 15) is 5.11 Å². The number of nitrogens with two attached hydrogens (primary N) is 1. The molecule has 33 heavy (non-hydrogen) atoms. The highest BCUT2D eigenvalue weighted by atomic mass is 35.5. The van der Waals surface area contributed by atoms with Crippen molar-refractivity contribution < 1.29 is 14.6 Å². The fourth-order valence-electron chi connectivity index (χ4n) is 4.29. The van der Waals surface area contributed by atoms with Crippen LogP contribution in [0.3, 0.4) is 0 Å². The molecule has 1 aromatic carbocycles. The van der Waals surface area contributed by atoms with E-state index in [1.165, 1.54) is 0 Å². The summed E-state index contributed by atoms with van der Waals surface area (Å²) in [5.41, 5.74) is 9.01. The number of fused-ring (bicyclic) bond motifs is 1. The molecule has 178 valence electrons. The van der Waals surface area contributed by atoms with Gasteiger partial charge in [-0.1, -0.05) is 11.6 Å². The van der Waals surface area contributed by atoms with Crippen LogP contribution >= 0.6 is 11.6 Å². The van der Waals surface area contributed by atoms with E-state index < -0.39 is 5.60 Å². The molecule has 0 spiro atoms. The predicted octanol–water partition coefficient (Wildman–Crippen LogP) is 4.17. The van der Waals surface area contributed by atoms with Crippen LogP contribution in [0.15, 0.2) is 24.3 Å². The number of likely N-dealkylation sites (N-methyl/N-ethyl adjacent to an activating group) is 1. The van der Waals surface area contributed by atoms with Crippen LogP contribution < -0.4 is 20.5 Å². The number of benzene rings is 1. The van der Waals surface area contributed by atoms with E-state index in [4.69, 9.17) is 26.8 Å². The minimum atomic E-state index is -0.401. The lowest BCUT2D eigenvalue weighted by Gasteiger charge is -2.27. The van der Waals surface area contributed by atoms with Crippen LogP contribution in [0.25, 0.3) is 22.4 Å². The molecule has 3 aromatic rings. The SMILES string of the molecule is CNCC(C)(C)Oc1ccc(-c2nc3nc(OC4CCC(CO)CC4)[nH]c3cc2Cl)cc1N. The van der Waals surface area contributed by atoms with Gasteiger partial charge in [-0.2, -0.15) is 4.98 Å². The average molecular weight is 474 g/mol. The van der Waals surface area contributed by atoms with Crippen LogP contribution in [0, 0.1) is 5.92 Å². The Morgan fingerprint density at radius 1 is 1.21 bits per heavy atom. The number of ether oxygens (including phenoxy) is 2. The first-order chi connectivity index (χ1) is 15.8. The summed E-state index contributed by atoms with van der Waals surface area (Å²) in [7, 11) is 1.88. The molecule has 1 aliphatic rings. The van der Waals surface area contributed by atoms with Crippen molar-refractivity contribution in [1.82, 2.24) is 20.3 Å². The van der Waals surface area contributed by atoms with Crippen LogP contribution in [0.4, 0.5) is 5.69 Å². The first-order valence-corrected chi connectivity index (χ1v) is 11.7. The van der Waals surface area contributed by atoms with Crippen molar-refractivity contribution in [3.63, 3.8) is 0 Å². The molecule has 2 heterocycles. The van der Waals surface area contributed by atoms with Gasteiger partial charge in [0.05, 0.1) is 21.9 Å². The zero-order chi connectivity index (χ0) is 23.6. The molecular formula is C24H32ClN5O3. The van der Waals surface area contributed by atoms with Crippen molar-refractivity contribution in [2.24, 2.45) is 5.92 Å². The van der Waals surface area contributed by atoms with Crippen molar-refractivity contribution in [3.8, 4) is 23.0 Å². The summed E-state index contributed by atoms with van der Waals surface area (Å²) in [6.45, 7) is 4.93. The Morgan fingerprint density at radius 3 is 2.64 bits per heavy atom. The van der Waals surface area contributed by atoms with Crippen molar-refractivity contribution in [3.05, 3.63) is 29.3 Å². The number of rotatable bonds is 8. The summed E-state index contributed by atoms with van der Waals surface area (Å²) < 4.78 is 12.1. The zero-order valence-electron chi connectivity index (χ0n) is 19.3. The second kappa shape index (κ2) is 9.75. The number of imidazole rings is 1. The van der Waals surface area contributed by atoms with Crippen LogP contribution in [0.1, 0.15) is 39.5 Å². The number of aliphatic hydroxyl groups excluding tert-OH is 1. The Bertz CT molecular complexity index is 1110. The number of nitrogen functional groups attached to an aromatic ring is 1. The molecule has 1 fully saturated rings. The topological polar surface area (TPSA) is 118 Å². The van der Waals surface area contributed by atoms with E-state index in [2.05, 4.69) is 20.3 Å². The quantitative estimate of drug-likeness (QED) is 0.362. The fraction of sp³-hybridized carbons (Fsp3) is 0.500. The van der Waals surface area contributed by atoms with Crippen molar-refractivity contribution in [1.29, 1.82) is 0 Å². The second-order valence-electron chi connectivity index (χ2n) is 9.32. The van der Waals surface area contributed by atoms with Gasteiger partial charge in [0.25, 0.3) is 6.01 Å². The van der Waals surface area contributed by atoms with Gasteiger partial charge in [0.15, 0.2) is 5.65 Å². The molecule has 0 saturated heterocycles. The third-order valence-corrected chi connectivity index (χ3v) is 6.30. The number of nitrogens with zero attached hydrogens (tertiary/aromatic N) is 2. The highest BCUT2D eigenvalue weighted by molar-refractivity contribution is 6.33. The predicted molar refractivity (Wildman–Crippen MR) is 131 cm³/mol. The zero-order valence-corrected chi connectivity index (χ0v) is 20.1. The van der Waals surface area contributed by atoms with E-state index in [-0.39, 0.29) is 12.7 Å². The third-order valence-electron chi connectivity index (χ3n) is 6.01. The van der Waals surface area contributed by atoms with Crippen molar-refractivity contribution in [2.45, 2.75) is 51.2 Å². The number of halogens is 1. The van der Waals surface area contributed by atoms with Gasteiger partial charge >= 0.3 is 0 Å². The smallest absolute Gasteiger partial charge is 0.296 e. The number of pyridine rings is 1. The van der Waals surface area contributed by atoms with Crippen molar-refractivity contribution >= 4 is 28.5 Å². The number of aromatic nitrogens is 3. The normalized spacial score (nSPS) is 19.1.